The van der Waals surface area contributed by atoms with E-state index in [1.54, 1.807) is 19.1 Å². The highest BCUT2D eigenvalue weighted by Gasteiger charge is 2.18. The number of aromatic hydroxyl groups is 1. The molecule has 25 heavy (non-hydrogen) atoms. The number of rotatable bonds is 6. The van der Waals surface area contributed by atoms with Crippen molar-refractivity contribution in [1.29, 1.82) is 0 Å². The Morgan fingerprint density at radius 1 is 1.24 bits per heavy atom. The van der Waals surface area contributed by atoms with Crippen molar-refractivity contribution >= 4 is 44.8 Å². The number of carbonyl (C=O) groups is 1. The number of amides is 1. The highest BCUT2D eigenvalue weighted by molar-refractivity contribution is 8.00. The van der Waals surface area contributed by atoms with Gasteiger partial charge in [-0.05, 0) is 49.4 Å². The summed E-state index contributed by atoms with van der Waals surface area (Å²) in [6.07, 6.45) is 0. The fourth-order valence-electron chi connectivity index (χ4n) is 1.98. The number of anilines is 1. The molecule has 8 heteroatoms. The summed E-state index contributed by atoms with van der Waals surface area (Å²) in [5, 5.41) is 12.6. The van der Waals surface area contributed by atoms with Crippen LogP contribution >= 0.6 is 23.4 Å². The summed E-state index contributed by atoms with van der Waals surface area (Å²) in [6.45, 7) is 3.25. The number of hydrogen-bond donors (Lipinski definition) is 2. The van der Waals surface area contributed by atoms with Crippen LogP contribution in [-0.4, -0.2) is 30.4 Å². The molecule has 2 N–H and O–H groups in total. The molecule has 2 aromatic rings. The predicted octanol–water partition coefficient (Wildman–Crippen LogP) is 3.96. The number of thioether (sulfide) groups is 1. The molecule has 0 aliphatic carbocycles. The zero-order valence-electron chi connectivity index (χ0n) is 13.7. The molecule has 134 valence electrons. The number of phenols is 1. The minimum Gasteiger partial charge on any atom is -0.506 e. The number of hydrogen-bond acceptors (Lipinski definition) is 5. The molecule has 0 saturated carbocycles. The van der Waals surface area contributed by atoms with Crippen LogP contribution in [-0.2, 0) is 14.6 Å². The van der Waals surface area contributed by atoms with Crippen LogP contribution in [0.1, 0.15) is 13.8 Å². The lowest BCUT2D eigenvalue weighted by molar-refractivity contribution is -0.115. The summed E-state index contributed by atoms with van der Waals surface area (Å²) in [7, 11) is -3.43. The number of nitrogens with one attached hydrogen (secondary N) is 1. The van der Waals surface area contributed by atoms with Gasteiger partial charge in [0.25, 0.3) is 0 Å². The van der Waals surface area contributed by atoms with Crippen molar-refractivity contribution in [2.45, 2.75) is 28.9 Å². The van der Waals surface area contributed by atoms with Crippen molar-refractivity contribution in [1.82, 2.24) is 0 Å². The van der Waals surface area contributed by atoms with E-state index in [-0.39, 0.29) is 28.0 Å². The second-order valence-corrected chi connectivity index (χ2v) is 9.41. The molecule has 1 atom stereocenters. The maximum atomic E-state index is 12.3. The highest BCUT2D eigenvalue weighted by atomic mass is 35.5. The van der Waals surface area contributed by atoms with E-state index in [1.807, 2.05) is 12.1 Å². The van der Waals surface area contributed by atoms with E-state index >= 15 is 0 Å². The molecule has 0 aromatic heterocycles. The molecule has 2 rings (SSSR count). The van der Waals surface area contributed by atoms with Crippen molar-refractivity contribution < 1.29 is 18.3 Å². The Labute approximate surface area is 156 Å². The first kappa shape index (κ1) is 19.6. The zero-order valence-corrected chi connectivity index (χ0v) is 16.1. The molecular formula is C17H18ClNO4S2. The van der Waals surface area contributed by atoms with Crippen LogP contribution in [0.3, 0.4) is 0 Å². The van der Waals surface area contributed by atoms with Crippen LogP contribution < -0.4 is 5.32 Å². The Morgan fingerprint density at radius 3 is 2.48 bits per heavy atom. The molecule has 0 aliphatic rings. The van der Waals surface area contributed by atoms with Gasteiger partial charge in [0.1, 0.15) is 5.75 Å². The smallest absolute Gasteiger partial charge is 0.237 e. The van der Waals surface area contributed by atoms with Gasteiger partial charge in [0.05, 0.1) is 21.6 Å². The van der Waals surface area contributed by atoms with Crippen LogP contribution in [0.25, 0.3) is 0 Å². The minimum atomic E-state index is -3.43. The standard InChI is InChI=1S/C17H18ClNO4S2/c1-3-25(22,23)14-8-9-16(20)15(10-14)19-17(21)11(2)24-13-6-4-12(18)5-7-13/h4-11,20H,3H2,1-2H3,(H,19,21)/t11-/m1/s1. The summed E-state index contributed by atoms with van der Waals surface area (Å²) >= 11 is 7.16. The molecule has 0 heterocycles. The average molecular weight is 400 g/mol. The van der Waals surface area contributed by atoms with E-state index in [0.29, 0.717) is 5.02 Å². The SMILES string of the molecule is CCS(=O)(=O)c1ccc(O)c(NC(=O)[C@@H](C)Sc2ccc(Cl)cc2)c1. The summed E-state index contributed by atoms with van der Waals surface area (Å²) in [4.78, 5) is 13.3. The summed E-state index contributed by atoms with van der Waals surface area (Å²) in [5.74, 6) is -0.595. The third-order valence-corrected chi connectivity index (χ3v) is 6.56. The summed E-state index contributed by atoms with van der Waals surface area (Å²) in [5.41, 5.74) is 0.0723. The molecule has 2 aromatic carbocycles. The van der Waals surface area contributed by atoms with Gasteiger partial charge >= 0.3 is 0 Å². The number of phenolic OH excluding ortho intramolecular Hbond substituents is 1. The molecule has 1 amide bonds. The van der Waals surface area contributed by atoms with E-state index in [1.165, 1.54) is 36.9 Å². The van der Waals surface area contributed by atoms with Crippen LogP contribution in [0, 0.1) is 0 Å². The average Bonchev–Trinajstić information content (AvgIpc) is 2.58. The van der Waals surface area contributed by atoms with Gasteiger partial charge in [-0.15, -0.1) is 11.8 Å². The number of halogens is 1. The first-order valence-electron chi connectivity index (χ1n) is 7.52. The quantitative estimate of drug-likeness (QED) is 0.567. The third-order valence-electron chi connectivity index (χ3n) is 3.46. The molecular weight excluding hydrogens is 382 g/mol. The number of carbonyl (C=O) groups excluding carboxylic acids is 1. The Hall–Kier alpha value is -1.70. The first-order chi connectivity index (χ1) is 11.7. The van der Waals surface area contributed by atoms with Gasteiger partial charge in [-0.3, -0.25) is 4.79 Å². The molecule has 0 aliphatic heterocycles. The maximum Gasteiger partial charge on any atom is 0.237 e. The van der Waals surface area contributed by atoms with E-state index in [4.69, 9.17) is 11.6 Å². The second-order valence-electron chi connectivity index (χ2n) is 5.29. The monoisotopic (exact) mass is 399 g/mol. The van der Waals surface area contributed by atoms with E-state index in [0.717, 1.165) is 4.90 Å². The molecule has 0 bridgehead atoms. The summed E-state index contributed by atoms with van der Waals surface area (Å²) in [6, 6.07) is 10.9. The first-order valence-corrected chi connectivity index (χ1v) is 10.4. The van der Waals surface area contributed by atoms with Gasteiger partial charge in [-0.1, -0.05) is 18.5 Å². The maximum absolute atomic E-state index is 12.3. The van der Waals surface area contributed by atoms with Gasteiger partial charge in [0.2, 0.25) is 5.91 Å². The van der Waals surface area contributed by atoms with Gasteiger partial charge in [-0.2, -0.15) is 0 Å². The lowest BCUT2D eigenvalue weighted by atomic mass is 10.3. The molecule has 0 spiro atoms. The predicted molar refractivity (Wildman–Crippen MR) is 101 cm³/mol. The van der Waals surface area contributed by atoms with Gasteiger partial charge in [0.15, 0.2) is 9.84 Å². The van der Waals surface area contributed by atoms with Crippen LogP contribution in [0.4, 0.5) is 5.69 Å². The van der Waals surface area contributed by atoms with Crippen molar-refractivity contribution in [3.05, 3.63) is 47.5 Å². The Kier molecular flexibility index (Phi) is 6.37. The second kappa shape index (κ2) is 8.12. The number of sulfone groups is 1. The Bertz CT molecular complexity index is 867. The Balaban J connectivity index is 2.14. The van der Waals surface area contributed by atoms with E-state index in [9.17, 15) is 18.3 Å². The van der Waals surface area contributed by atoms with Crippen molar-refractivity contribution in [2.75, 3.05) is 11.1 Å². The van der Waals surface area contributed by atoms with Gasteiger partial charge in [0, 0.05) is 9.92 Å². The van der Waals surface area contributed by atoms with Gasteiger partial charge in [-0.25, -0.2) is 8.42 Å². The van der Waals surface area contributed by atoms with Gasteiger partial charge < -0.3 is 10.4 Å². The minimum absolute atomic E-state index is 0.0566. The normalized spacial score (nSPS) is 12.6. The summed E-state index contributed by atoms with van der Waals surface area (Å²) < 4.78 is 23.9. The van der Waals surface area contributed by atoms with E-state index < -0.39 is 15.1 Å². The zero-order chi connectivity index (χ0) is 18.6. The molecule has 0 fully saturated rings. The molecule has 5 nitrogen and oxygen atoms in total. The highest BCUT2D eigenvalue weighted by Crippen LogP contribution is 2.29. The van der Waals surface area contributed by atoms with Crippen molar-refractivity contribution in [3.63, 3.8) is 0 Å². The lowest BCUT2D eigenvalue weighted by Gasteiger charge is -2.14. The molecule has 0 saturated heterocycles. The van der Waals surface area contributed by atoms with Crippen LogP contribution in [0.2, 0.25) is 5.02 Å². The lowest BCUT2D eigenvalue weighted by Crippen LogP contribution is -2.22. The molecule has 0 unspecified atom stereocenters. The Morgan fingerprint density at radius 2 is 1.88 bits per heavy atom. The number of benzene rings is 2. The third kappa shape index (κ3) is 5.14. The van der Waals surface area contributed by atoms with Crippen molar-refractivity contribution in [3.8, 4) is 5.75 Å². The van der Waals surface area contributed by atoms with Crippen LogP contribution in [0.5, 0.6) is 5.75 Å². The fraction of sp³-hybridized carbons (Fsp3) is 0.235. The topological polar surface area (TPSA) is 83.5 Å². The van der Waals surface area contributed by atoms with E-state index in [2.05, 4.69) is 5.32 Å². The largest absolute Gasteiger partial charge is 0.506 e. The van der Waals surface area contributed by atoms with Crippen molar-refractivity contribution in [2.24, 2.45) is 0 Å². The molecule has 0 radical (unpaired) electrons. The fourth-order valence-corrected chi connectivity index (χ4v) is 3.88. The van der Waals surface area contributed by atoms with Crippen LogP contribution in [0.15, 0.2) is 52.3 Å².